The third kappa shape index (κ3) is 9.75. The molecular weight excluding hydrogens is 329 g/mol. The summed E-state index contributed by atoms with van der Waals surface area (Å²) >= 11 is 0. The largest absolute Gasteiger partial charge is 0.645 e. The van der Waals surface area contributed by atoms with E-state index in [1.54, 1.807) is 0 Å². The van der Waals surface area contributed by atoms with E-state index in [4.69, 9.17) is 13.6 Å². The van der Waals surface area contributed by atoms with Crippen LogP contribution < -0.4 is 16.0 Å². The van der Waals surface area contributed by atoms with Crippen LogP contribution in [0.2, 0.25) is 0 Å². The number of carbonyl (C=O) groups excluding carboxylic acids is 3. The highest BCUT2D eigenvalue weighted by molar-refractivity contribution is 7.48. The molecule has 128 valence electrons. The first-order valence-electron chi connectivity index (χ1n) is 6.17. The first-order valence-corrected chi connectivity index (χ1v) is 7.63. The van der Waals surface area contributed by atoms with Crippen molar-refractivity contribution in [2.45, 2.75) is 0 Å². The standard InChI is InChI=1S/C12H18N3O7P/c1-13-10(16)4-7-20-23(19,21-8-5-11(17)14-2)22-9-6-12(18)15-3/h4-9H,1-3H3,(H,13,16)(H,14,17)(H,15,18)/b7-4+,8-5+,9-6+. The molecule has 0 radical (unpaired) electrons. The maximum Gasteiger partial charge on any atom is 0.645 e. The van der Waals surface area contributed by atoms with Crippen LogP contribution in [0.3, 0.4) is 0 Å². The molecule has 0 saturated heterocycles. The van der Waals surface area contributed by atoms with E-state index in [-0.39, 0.29) is 0 Å². The molecule has 0 fully saturated rings. The highest BCUT2D eigenvalue weighted by atomic mass is 31.2. The van der Waals surface area contributed by atoms with Crippen LogP contribution in [0.25, 0.3) is 0 Å². The average Bonchev–Trinajstić information content (AvgIpc) is 2.54. The average molecular weight is 347 g/mol. The Morgan fingerprint density at radius 2 is 0.957 bits per heavy atom. The minimum atomic E-state index is -4.22. The zero-order chi connectivity index (χ0) is 17.7. The first-order chi connectivity index (χ1) is 10.9. The molecule has 3 amide bonds. The number of nitrogens with one attached hydrogen (secondary N) is 3. The molecule has 0 aromatic carbocycles. The number of likely N-dealkylation sites (N-methyl/N-ethyl adjacent to an activating group) is 3. The van der Waals surface area contributed by atoms with Crippen LogP contribution in [0, 0.1) is 0 Å². The second-order valence-electron chi connectivity index (χ2n) is 3.51. The van der Waals surface area contributed by atoms with Crippen molar-refractivity contribution in [2.24, 2.45) is 0 Å². The van der Waals surface area contributed by atoms with Gasteiger partial charge < -0.3 is 29.5 Å². The Morgan fingerprint density at radius 1 is 0.696 bits per heavy atom. The van der Waals surface area contributed by atoms with Gasteiger partial charge in [-0.2, -0.15) is 4.57 Å². The quantitative estimate of drug-likeness (QED) is 0.302. The van der Waals surface area contributed by atoms with E-state index in [0.29, 0.717) is 0 Å². The Bertz CT molecular complexity index is 481. The van der Waals surface area contributed by atoms with E-state index in [1.165, 1.54) is 21.1 Å². The first kappa shape index (κ1) is 20.3. The van der Waals surface area contributed by atoms with Gasteiger partial charge in [0.2, 0.25) is 17.7 Å². The van der Waals surface area contributed by atoms with Crippen molar-refractivity contribution in [1.82, 2.24) is 16.0 Å². The normalized spacial score (nSPS) is 11.4. The lowest BCUT2D eigenvalue weighted by molar-refractivity contribution is -0.116. The number of hydrogen-bond acceptors (Lipinski definition) is 7. The molecule has 11 heteroatoms. The molecule has 0 aromatic heterocycles. The van der Waals surface area contributed by atoms with E-state index in [1.807, 2.05) is 0 Å². The second kappa shape index (κ2) is 10.9. The number of hydrogen-bond donors (Lipinski definition) is 3. The van der Waals surface area contributed by atoms with Gasteiger partial charge in [0.15, 0.2) is 0 Å². The lowest BCUT2D eigenvalue weighted by Crippen LogP contribution is -2.14. The molecule has 23 heavy (non-hydrogen) atoms. The van der Waals surface area contributed by atoms with Crippen molar-refractivity contribution >= 4 is 25.5 Å². The Balaban J connectivity index is 4.92. The Labute approximate surface area is 133 Å². The smallest absolute Gasteiger partial charge is 0.394 e. The van der Waals surface area contributed by atoms with Gasteiger partial charge in [-0.05, 0) is 0 Å². The Morgan fingerprint density at radius 3 is 1.17 bits per heavy atom. The number of carbonyl (C=O) groups is 3. The zero-order valence-corrected chi connectivity index (χ0v) is 13.7. The number of phosphoric acid groups is 1. The summed E-state index contributed by atoms with van der Waals surface area (Å²) < 4.78 is 26.4. The molecule has 10 nitrogen and oxygen atoms in total. The van der Waals surface area contributed by atoms with Gasteiger partial charge in [-0.1, -0.05) is 0 Å². The lowest BCUT2D eigenvalue weighted by atomic mass is 10.6. The van der Waals surface area contributed by atoms with Gasteiger partial charge in [-0.15, -0.1) is 0 Å². The summed E-state index contributed by atoms with van der Waals surface area (Å²) in [5.74, 6) is -1.55. The van der Waals surface area contributed by atoms with Crippen molar-refractivity contribution in [2.75, 3.05) is 21.1 Å². The predicted molar refractivity (Wildman–Crippen MR) is 80.5 cm³/mol. The molecule has 0 heterocycles. The molecular formula is C12H18N3O7P. The molecule has 0 aliphatic rings. The van der Waals surface area contributed by atoms with Crippen LogP contribution in [-0.4, -0.2) is 38.9 Å². The van der Waals surface area contributed by atoms with Crippen LogP contribution in [0.4, 0.5) is 0 Å². The third-order valence-corrected chi connectivity index (χ3v) is 3.11. The fourth-order valence-electron chi connectivity index (χ4n) is 0.825. The van der Waals surface area contributed by atoms with Crippen molar-refractivity contribution < 1.29 is 32.5 Å². The summed E-state index contributed by atoms with van der Waals surface area (Å²) in [5.41, 5.74) is 0. The molecule has 0 aromatic rings. The third-order valence-electron chi connectivity index (χ3n) is 1.97. The maximum atomic E-state index is 12.2. The topological polar surface area (TPSA) is 132 Å². The zero-order valence-electron chi connectivity index (χ0n) is 12.8. The van der Waals surface area contributed by atoms with Crippen LogP contribution in [-0.2, 0) is 32.5 Å². The van der Waals surface area contributed by atoms with Crippen LogP contribution in [0.1, 0.15) is 0 Å². The minimum absolute atomic E-state index is 0.515. The van der Waals surface area contributed by atoms with E-state index in [0.717, 1.165) is 37.0 Å². The van der Waals surface area contributed by atoms with E-state index in [2.05, 4.69) is 16.0 Å². The lowest BCUT2D eigenvalue weighted by Gasteiger charge is -2.12. The molecule has 0 rings (SSSR count). The van der Waals surface area contributed by atoms with Crippen molar-refractivity contribution in [3.05, 3.63) is 37.0 Å². The maximum absolute atomic E-state index is 12.2. The van der Waals surface area contributed by atoms with E-state index in [9.17, 15) is 18.9 Å². The molecule has 0 bridgehead atoms. The number of rotatable bonds is 9. The molecule has 0 spiro atoms. The molecule has 0 saturated carbocycles. The summed E-state index contributed by atoms with van der Waals surface area (Å²) in [6.07, 6.45) is 5.18. The molecule has 0 aliphatic heterocycles. The summed E-state index contributed by atoms with van der Waals surface area (Å²) in [4.78, 5) is 33.0. The minimum Gasteiger partial charge on any atom is -0.394 e. The molecule has 0 aliphatic carbocycles. The summed E-state index contributed by atoms with van der Waals surface area (Å²) in [6, 6.07) is 0. The fraction of sp³-hybridized carbons (Fsp3) is 0.250. The highest BCUT2D eigenvalue weighted by Gasteiger charge is 2.27. The van der Waals surface area contributed by atoms with Crippen molar-refractivity contribution in [1.29, 1.82) is 0 Å². The van der Waals surface area contributed by atoms with Gasteiger partial charge in [0.05, 0.1) is 0 Å². The SMILES string of the molecule is CNC(=O)/C=C/OP(=O)(O/C=C/C(=O)NC)O/C=C/C(=O)NC. The van der Waals surface area contributed by atoms with Crippen molar-refractivity contribution in [3.8, 4) is 0 Å². The predicted octanol–water partition coefficient (Wildman–Crippen LogP) is -0.0766. The van der Waals surface area contributed by atoms with Crippen LogP contribution >= 0.6 is 7.82 Å². The highest BCUT2D eigenvalue weighted by Crippen LogP contribution is 2.50. The summed E-state index contributed by atoms with van der Waals surface area (Å²) in [5, 5.41) is 6.82. The van der Waals surface area contributed by atoms with Crippen LogP contribution in [0.5, 0.6) is 0 Å². The monoisotopic (exact) mass is 347 g/mol. The summed E-state index contributed by atoms with van der Waals surface area (Å²) in [7, 11) is -0.0608. The van der Waals surface area contributed by atoms with Gasteiger partial charge in [0.25, 0.3) is 0 Å². The van der Waals surface area contributed by atoms with Crippen molar-refractivity contribution in [3.63, 3.8) is 0 Å². The molecule has 0 atom stereocenters. The van der Waals surface area contributed by atoms with Gasteiger partial charge in [-0.25, -0.2) is 0 Å². The van der Waals surface area contributed by atoms with E-state index >= 15 is 0 Å². The van der Waals surface area contributed by atoms with E-state index < -0.39 is 25.5 Å². The number of phosphoric ester groups is 1. The van der Waals surface area contributed by atoms with Crippen LogP contribution in [0.15, 0.2) is 37.0 Å². The number of amides is 3. The van der Waals surface area contributed by atoms with Gasteiger partial charge in [0.1, 0.15) is 18.8 Å². The second-order valence-corrected chi connectivity index (χ2v) is 5.04. The van der Waals surface area contributed by atoms with Gasteiger partial charge in [0, 0.05) is 39.4 Å². The molecule has 3 N–H and O–H groups in total. The molecule has 0 unspecified atom stereocenters. The Hall–Kier alpha value is -2.74. The summed E-state index contributed by atoms with van der Waals surface area (Å²) in [6.45, 7) is 0. The van der Waals surface area contributed by atoms with Gasteiger partial charge in [-0.3, -0.25) is 14.4 Å². The van der Waals surface area contributed by atoms with Gasteiger partial charge >= 0.3 is 7.82 Å². The fourth-order valence-corrected chi connectivity index (χ4v) is 1.60. The Kier molecular flexibility index (Phi) is 9.61.